The van der Waals surface area contributed by atoms with Crippen LogP contribution in [0.2, 0.25) is 0 Å². The molecule has 2 aliphatic rings. The summed E-state index contributed by atoms with van der Waals surface area (Å²) in [5, 5.41) is 10.9. The fraction of sp³-hybridized carbons (Fsp3) is 0.286. The van der Waals surface area contributed by atoms with E-state index in [1.165, 1.54) is 23.5 Å². The lowest BCUT2D eigenvalue weighted by Gasteiger charge is -2.31. The van der Waals surface area contributed by atoms with Crippen LogP contribution in [-0.2, 0) is 32.9 Å². The quantitative estimate of drug-likeness (QED) is 0.363. The van der Waals surface area contributed by atoms with Crippen molar-refractivity contribution in [1.82, 2.24) is 9.80 Å². The van der Waals surface area contributed by atoms with Crippen molar-refractivity contribution < 1.29 is 36.7 Å². The number of hydrogen-bond acceptors (Lipinski definition) is 6. The highest BCUT2D eigenvalue weighted by atomic mass is 32.1. The van der Waals surface area contributed by atoms with Crippen molar-refractivity contribution >= 4 is 29.2 Å². The Balaban J connectivity index is 1.38. The van der Waals surface area contributed by atoms with Crippen molar-refractivity contribution in [2.24, 2.45) is 0 Å². The summed E-state index contributed by atoms with van der Waals surface area (Å²) in [6, 6.07) is 11.4. The number of rotatable bonds is 6. The van der Waals surface area contributed by atoms with Crippen LogP contribution in [-0.4, -0.2) is 46.5 Å². The van der Waals surface area contributed by atoms with Gasteiger partial charge in [0.25, 0.3) is 5.91 Å². The minimum Gasteiger partial charge on any atom is -0.427 e. The van der Waals surface area contributed by atoms with Gasteiger partial charge in [-0.15, -0.1) is 11.3 Å². The van der Waals surface area contributed by atoms with E-state index in [9.17, 15) is 31.9 Å². The SMILES string of the molecule is C[C@H](N(Cc1ccc(F)cc1)C(=O)CN1C(=O)O[C@@]2(CCc3cc(-c4csc(C#N)c4)ccc32)C1=O)C(F)(F)F. The molecule has 3 amide bonds. The average molecular weight is 572 g/mol. The fourth-order valence-corrected chi connectivity index (χ4v) is 5.72. The van der Waals surface area contributed by atoms with E-state index in [4.69, 9.17) is 10.00 Å². The summed E-state index contributed by atoms with van der Waals surface area (Å²) in [5.74, 6) is -2.52. The summed E-state index contributed by atoms with van der Waals surface area (Å²) in [6.45, 7) is -0.658. The third kappa shape index (κ3) is 4.81. The predicted octanol–water partition coefficient (Wildman–Crippen LogP) is 5.53. The molecule has 0 N–H and O–H groups in total. The van der Waals surface area contributed by atoms with Crippen LogP contribution in [0.1, 0.15) is 34.9 Å². The molecule has 2 aromatic carbocycles. The number of amides is 3. The number of alkyl halides is 3. The molecular formula is C28H21F4N3O4S. The molecule has 2 atom stereocenters. The fourth-order valence-electron chi connectivity index (χ4n) is 5.01. The van der Waals surface area contributed by atoms with Gasteiger partial charge in [0.15, 0.2) is 0 Å². The zero-order valence-electron chi connectivity index (χ0n) is 21.0. The number of aryl methyl sites for hydroxylation is 1. The third-order valence-corrected chi connectivity index (χ3v) is 8.06. The average Bonchev–Trinajstić information content (AvgIpc) is 3.61. The van der Waals surface area contributed by atoms with Crippen LogP contribution in [0.25, 0.3) is 11.1 Å². The molecule has 1 aliphatic carbocycles. The van der Waals surface area contributed by atoms with Gasteiger partial charge in [-0.25, -0.2) is 14.1 Å². The van der Waals surface area contributed by atoms with Crippen LogP contribution in [0.4, 0.5) is 22.4 Å². The Morgan fingerprint density at radius 2 is 1.90 bits per heavy atom. The highest BCUT2D eigenvalue weighted by molar-refractivity contribution is 7.10. The number of fused-ring (bicyclic) bond motifs is 2. The van der Waals surface area contributed by atoms with E-state index >= 15 is 0 Å². The zero-order valence-corrected chi connectivity index (χ0v) is 21.8. The number of thiophene rings is 1. The molecule has 0 radical (unpaired) electrons. The predicted molar refractivity (Wildman–Crippen MR) is 135 cm³/mol. The Morgan fingerprint density at radius 1 is 1.18 bits per heavy atom. The van der Waals surface area contributed by atoms with Gasteiger partial charge in [-0.05, 0) is 59.2 Å². The normalized spacial score (nSPS) is 18.9. The van der Waals surface area contributed by atoms with Gasteiger partial charge in [0.2, 0.25) is 11.5 Å². The molecular weight excluding hydrogens is 550 g/mol. The lowest BCUT2D eigenvalue weighted by molar-refractivity contribution is -0.187. The van der Waals surface area contributed by atoms with Crippen molar-refractivity contribution in [2.45, 2.75) is 44.1 Å². The Bertz CT molecular complexity index is 1550. The Kier molecular flexibility index (Phi) is 6.87. The van der Waals surface area contributed by atoms with E-state index in [-0.39, 0.29) is 12.0 Å². The third-order valence-electron chi connectivity index (χ3n) is 7.22. The standard InChI is InChI=1S/C28H21F4N3O4S/c1-16(28(30,31)32)34(13-17-2-5-21(29)6-3-17)24(36)14-35-25(37)27(39-26(35)38)9-8-19-10-18(4-7-23(19)27)20-11-22(12-33)40-15-20/h2-7,10-11,15-16H,8-9,13-14H2,1H3/t16-,27+/m0/s1. The second-order valence-corrected chi connectivity index (χ2v) is 10.5. The van der Waals surface area contributed by atoms with Crippen LogP contribution >= 0.6 is 11.3 Å². The summed E-state index contributed by atoms with van der Waals surface area (Å²) in [4.78, 5) is 41.1. The first kappa shape index (κ1) is 27.3. The van der Waals surface area contributed by atoms with Crippen molar-refractivity contribution in [3.63, 3.8) is 0 Å². The topological polar surface area (TPSA) is 90.7 Å². The molecule has 1 aromatic heterocycles. The van der Waals surface area contributed by atoms with Gasteiger partial charge >= 0.3 is 12.3 Å². The van der Waals surface area contributed by atoms with E-state index in [2.05, 4.69) is 6.07 Å². The Hall–Kier alpha value is -4.24. The molecule has 1 saturated heterocycles. The molecule has 1 spiro atoms. The van der Waals surface area contributed by atoms with Crippen LogP contribution in [0, 0.1) is 17.1 Å². The number of carbonyl (C=O) groups excluding carboxylic acids is 3. The lowest BCUT2D eigenvalue weighted by atomic mass is 9.93. The van der Waals surface area contributed by atoms with Gasteiger partial charge in [-0.1, -0.05) is 30.3 Å². The number of nitriles is 1. The second kappa shape index (κ2) is 10.1. The first-order valence-corrected chi connectivity index (χ1v) is 13.1. The number of carbonyl (C=O) groups is 3. The summed E-state index contributed by atoms with van der Waals surface area (Å²) < 4.78 is 59.7. The summed E-state index contributed by atoms with van der Waals surface area (Å²) in [6.07, 6.45) is -5.40. The van der Waals surface area contributed by atoms with Gasteiger partial charge in [0, 0.05) is 18.5 Å². The zero-order chi connectivity index (χ0) is 28.8. The highest BCUT2D eigenvalue weighted by Crippen LogP contribution is 2.46. The second-order valence-electron chi connectivity index (χ2n) is 9.64. The number of halogens is 4. The first-order valence-electron chi connectivity index (χ1n) is 12.2. The molecule has 0 unspecified atom stereocenters. The number of benzene rings is 2. The van der Waals surface area contributed by atoms with Crippen LogP contribution in [0.15, 0.2) is 53.9 Å². The van der Waals surface area contributed by atoms with Crippen molar-refractivity contribution in [2.75, 3.05) is 6.54 Å². The molecule has 12 heteroatoms. The largest absolute Gasteiger partial charge is 0.427 e. The molecule has 3 aromatic rings. The maximum Gasteiger partial charge on any atom is 0.418 e. The molecule has 40 heavy (non-hydrogen) atoms. The van der Waals surface area contributed by atoms with Gasteiger partial charge in [-0.2, -0.15) is 18.4 Å². The first-order chi connectivity index (χ1) is 18.9. The molecule has 7 nitrogen and oxygen atoms in total. The van der Waals surface area contributed by atoms with Crippen LogP contribution < -0.4 is 0 Å². The molecule has 2 heterocycles. The van der Waals surface area contributed by atoms with E-state index in [1.54, 1.807) is 18.2 Å². The molecule has 206 valence electrons. The summed E-state index contributed by atoms with van der Waals surface area (Å²) in [5.41, 5.74) is 1.41. The molecule has 0 bridgehead atoms. The maximum atomic E-state index is 13.6. The number of nitrogens with zero attached hydrogens (tertiary/aromatic N) is 3. The van der Waals surface area contributed by atoms with E-state index in [0.29, 0.717) is 26.7 Å². The smallest absolute Gasteiger partial charge is 0.418 e. The van der Waals surface area contributed by atoms with Gasteiger partial charge < -0.3 is 9.64 Å². The monoisotopic (exact) mass is 571 g/mol. The van der Waals surface area contributed by atoms with Crippen LogP contribution in [0.5, 0.6) is 0 Å². The number of imide groups is 1. The molecule has 1 fully saturated rings. The van der Waals surface area contributed by atoms with E-state index in [0.717, 1.165) is 35.7 Å². The van der Waals surface area contributed by atoms with E-state index in [1.807, 2.05) is 11.4 Å². The Morgan fingerprint density at radius 3 is 2.55 bits per heavy atom. The van der Waals surface area contributed by atoms with Gasteiger partial charge in [0.1, 0.15) is 29.4 Å². The van der Waals surface area contributed by atoms with Crippen LogP contribution in [0.3, 0.4) is 0 Å². The van der Waals surface area contributed by atoms with Crippen molar-refractivity contribution in [3.8, 4) is 17.2 Å². The number of hydrogen-bond donors (Lipinski definition) is 0. The van der Waals surface area contributed by atoms with E-state index < -0.39 is 54.6 Å². The molecule has 5 rings (SSSR count). The van der Waals surface area contributed by atoms with Crippen molar-refractivity contribution in [1.29, 1.82) is 5.26 Å². The summed E-state index contributed by atoms with van der Waals surface area (Å²) >= 11 is 1.30. The lowest BCUT2D eigenvalue weighted by Crippen LogP contribution is -2.51. The molecule has 1 aliphatic heterocycles. The minimum absolute atomic E-state index is 0.117. The number of ether oxygens (including phenoxy) is 1. The highest BCUT2D eigenvalue weighted by Gasteiger charge is 2.58. The maximum absolute atomic E-state index is 13.6. The van der Waals surface area contributed by atoms with Crippen molar-refractivity contribution in [3.05, 3.63) is 81.3 Å². The van der Waals surface area contributed by atoms with Gasteiger partial charge in [0.05, 0.1) is 0 Å². The van der Waals surface area contributed by atoms with Gasteiger partial charge in [-0.3, -0.25) is 9.59 Å². The minimum atomic E-state index is -4.79. The summed E-state index contributed by atoms with van der Waals surface area (Å²) in [7, 11) is 0. The molecule has 0 saturated carbocycles. The Labute approximate surface area is 230 Å².